The molecule has 6 nitrogen and oxygen atoms in total. The molecule has 0 aliphatic rings. The molecule has 17 heavy (non-hydrogen) atoms. The zero-order valence-corrected chi connectivity index (χ0v) is 10.7. The molecule has 6 heteroatoms. The molecule has 0 aromatic heterocycles. The van der Waals surface area contributed by atoms with E-state index >= 15 is 0 Å². The van der Waals surface area contributed by atoms with Gasteiger partial charge in [0.2, 0.25) is 0 Å². The summed E-state index contributed by atoms with van der Waals surface area (Å²) in [6.45, 7) is 6.36. The van der Waals surface area contributed by atoms with Gasteiger partial charge >= 0.3 is 12.1 Å². The number of hydrogen-bond donors (Lipinski definition) is 3. The topological polar surface area (TPSA) is 95.9 Å². The summed E-state index contributed by atoms with van der Waals surface area (Å²) in [6.07, 6.45) is -0.500. The minimum absolute atomic E-state index is 0.158. The van der Waals surface area contributed by atoms with Gasteiger partial charge in [-0.25, -0.2) is 4.79 Å². The number of carbonyl (C=O) groups is 2. The second-order valence-electron chi connectivity index (χ2n) is 5.00. The van der Waals surface area contributed by atoms with Crippen molar-refractivity contribution in [3.63, 3.8) is 0 Å². The van der Waals surface area contributed by atoms with Gasteiger partial charge in [-0.15, -0.1) is 0 Å². The molecule has 0 aromatic rings. The summed E-state index contributed by atoms with van der Waals surface area (Å²) in [7, 11) is 0. The first kappa shape index (κ1) is 15.7. The highest BCUT2D eigenvalue weighted by Gasteiger charge is 2.22. The predicted octanol–water partition coefficient (Wildman–Crippen LogP) is 0.983. The van der Waals surface area contributed by atoms with E-state index in [4.69, 9.17) is 14.9 Å². The molecular weight excluding hydrogens is 226 g/mol. The van der Waals surface area contributed by atoms with E-state index in [2.05, 4.69) is 5.32 Å². The Morgan fingerprint density at radius 2 is 1.88 bits per heavy atom. The molecule has 0 saturated carbocycles. The zero-order valence-electron chi connectivity index (χ0n) is 10.7. The molecule has 0 spiro atoms. The van der Waals surface area contributed by atoms with Crippen LogP contribution in [-0.4, -0.2) is 40.5 Å². The number of rotatable bonds is 5. The smallest absolute Gasteiger partial charge is 0.407 e. The Kier molecular flexibility index (Phi) is 5.95. The maximum atomic E-state index is 11.4. The molecule has 3 N–H and O–H groups in total. The second-order valence-corrected chi connectivity index (χ2v) is 5.00. The van der Waals surface area contributed by atoms with Crippen molar-refractivity contribution in [1.82, 2.24) is 5.32 Å². The second kappa shape index (κ2) is 6.44. The van der Waals surface area contributed by atoms with Gasteiger partial charge < -0.3 is 20.3 Å². The lowest BCUT2D eigenvalue weighted by Crippen LogP contribution is -2.42. The van der Waals surface area contributed by atoms with Crippen LogP contribution in [0.25, 0.3) is 0 Å². The molecule has 2 atom stereocenters. The fourth-order valence-corrected chi connectivity index (χ4v) is 1.18. The molecule has 0 saturated heterocycles. The lowest BCUT2D eigenvalue weighted by atomic mass is 10.0. The Labute approximate surface area is 101 Å². The number of nitrogens with one attached hydrogen (secondary N) is 1. The van der Waals surface area contributed by atoms with Crippen molar-refractivity contribution in [2.24, 2.45) is 5.92 Å². The lowest BCUT2D eigenvalue weighted by molar-refractivity contribution is -0.141. The van der Waals surface area contributed by atoms with Crippen LogP contribution < -0.4 is 5.32 Å². The predicted molar refractivity (Wildman–Crippen MR) is 61.7 cm³/mol. The number of carboxylic acids is 1. The summed E-state index contributed by atoms with van der Waals surface area (Å²) in [5, 5.41) is 20.2. The van der Waals surface area contributed by atoms with E-state index in [0.29, 0.717) is 0 Å². The normalized spacial score (nSPS) is 14.9. The van der Waals surface area contributed by atoms with Gasteiger partial charge in [-0.3, -0.25) is 4.79 Å². The summed E-state index contributed by atoms with van der Waals surface area (Å²) in [4.78, 5) is 22.0. The molecule has 0 fully saturated rings. The Balaban J connectivity index is 4.22. The fourth-order valence-electron chi connectivity index (χ4n) is 1.18. The third kappa shape index (κ3) is 7.57. The molecule has 100 valence electrons. The highest BCUT2D eigenvalue weighted by atomic mass is 16.6. The highest BCUT2D eigenvalue weighted by molar-refractivity contribution is 5.70. The van der Waals surface area contributed by atoms with E-state index in [1.165, 1.54) is 6.92 Å². The van der Waals surface area contributed by atoms with Crippen molar-refractivity contribution in [2.75, 3.05) is 6.61 Å². The summed E-state index contributed by atoms with van der Waals surface area (Å²) >= 11 is 0. The van der Waals surface area contributed by atoms with Gasteiger partial charge in [0.05, 0.1) is 18.6 Å². The van der Waals surface area contributed by atoms with Gasteiger partial charge in [0, 0.05) is 0 Å². The number of hydrogen-bond acceptors (Lipinski definition) is 4. The number of aliphatic hydroxyl groups excluding tert-OH is 1. The SMILES string of the molecule is CC(C[C@@H](CO)NC(=O)OC(C)(C)C)C(=O)O. The standard InChI is InChI=1S/C11H21NO5/c1-7(9(14)15)5-8(6-13)12-10(16)17-11(2,3)4/h7-8,13H,5-6H2,1-4H3,(H,12,16)(H,14,15)/t7?,8-/m0/s1. The molecule has 0 bridgehead atoms. The summed E-state index contributed by atoms with van der Waals surface area (Å²) in [6, 6.07) is -0.615. The zero-order chi connectivity index (χ0) is 13.6. The Bertz CT molecular complexity index is 272. The quantitative estimate of drug-likeness (QED) is 0.673. The summed E-state index contributed by atoms with van der Waals surface area (Å²) in [5.41, 5.74) is -0.623. The summed E-state index contributed by atoms with van der Waals surface area (Å²) in [5.74, 6) is -1.60. The first-order valence-electron chi connectivity index (χ1n) is 5.49. The average Bonchev–Trinajstić information content (AvgIpc) is 2.13. The van der Waals surface area contributed by atoms with Crippen LogP contribution in [-0.2, 0) is 9.53 Å². The van der Waals surface area contributed by atoms with Crippen LogP contribution in [0.1, 0.15) is 34.1 Å². The largest absolute Gasteiger partial charge is 0.481 e. The van der Waals surface area contributed by atoms with Crippen LogP contribution in [0, 0.1) is 5.92 Å². The molecule has 1 amide bonds. The van der Waals surface area contributed by atoms with Gasteiger partial charge in [-0.2, -0.15) is 0 Å². The molecule has 0 heterocycles. The third-order valence-corrected chi connectivity index (χ3v) is 2.00. The van der Waals surface area contributed by atoms with E-state index in [1.54, 1.807) is 20.8 Å². The molecule has 0 aliphatic heterocycles. The van der Waals surface area contributed by atoms with Crippen LogP contribution >= 0.6 is 0 Å². The number of alkyl carbamates (subject to hydrolysis) is 1. The number of amides is 1. The first-order valence-corrected chi connectivity index (χ1v) is 5.49. The molecular formula is C11H21NO5. The fraction of sp³-hybridized carbons (Fsp3) is 0.818. The van der Waals surface area contributed by atoms with Gasteiger partial charge in [0.25, 0.3) is 0 Å². The van der Waals surface area contributed by atoms with E-state index in [0.717, 1.165) is 0 Å². The van der Waals surface area contributed by atoms with Crippen LogP contribution in [0.15, 0.2) is 0 Å². The molecule has 0 radical (unpaired) electrons. The van der Waals surface area contributed by atoms with Gasteiger partial charge in [-0.05, 0) is 27.2 Å². The number of aliphatic carboxylic acids is 1. The third-order valence-electron chi connectivity index (χ3n) is 2.00. The Hall–Kier alpha value is -1.30. The van der Waals surface area contributed by atoms with E-state index in [1.807, 2.05) is 0 Å². The van der Waals surface area contributed by atoms with Gasteiger partial charge in [-0.1, -0.05) is 6.92 Å². The van der Waals surface area contributed by atoms with Crippen molar-refractivity contribution in [2.45, 2.75) is 45.8 Å². The Morgan fingerprint density at radius 1 is 1.35 bits per heavy atom. The van der Waals surface area contributed by atoms with E-state index in [9.17, 15) is 9.59 Å². The highest BCUT2D eigenvalue weighted by Crippen LogP contribution is 2.09. The number of carbonyl (C=O) groups excluding carboxylic acids is 1. The monoisotopic (exact) mass is 247 g/mol. The van der Waals surface area contributed by atoms with Gasteiger partial charge in [0.1, 0.15) is 5.60 Å². The number of carboxylic acid groups (broad SMARTS) is 1. The van der Waals surface area contributed by atoms with Crippen LogP contribution in [0.3, 0.4) is 0 Å². The van der Waals surface area contributed by atoms with Crippen LogP contribution in [0.4, 0.5) is 4.79 Å². The number of aliphatic hydroxyl groups is 1. The Morgan fingerprint density at radius 3 is 2.24 bits per heavy atom. The average molecular weight is 247 g/mol. The van der Waals surface area contributed by atoms with Crippen molar-refractivity contribution >= 4 is 12.1 Å². The first-order chi connectivity index (χ1) is 7.65. The lowest BCUT2D eigenvalue weighted by Gasteiger charge is -2.23. The maximum absolute atomic E-state index is 11.4. The number of ether oxygens (including phenoxy) is 1. The van der Waals surface area contributed by atoms with Crippen molar-refractivity contribution in [3.05, 3.63) is 0 Å². The molecule has 0 rings (SSSR count). The van der Waals surface area contributed by atoms with Crippen molar-refractivity contribution in [3.8, 4) is 0 Å². The van der Waals surface area contributed by atoms with Gasteiger partial charge in [0.15, 0.2) is 0 Å². The van der Waals surface area contributed by atoms with Crippen LogP contribution in [0.2, 0.25) is 0 Å². The molecule has 0 aliphatic carbocycles. The van der Waals surface area contributed by atoms with Crippen LogP contribution in [0.5, 0.6) is 0 Å². The molecule has 0 aromatic carbocycles. The minimum atomic E-state index is -0.963. The van der Waals surface area contributed by atoms with E-state index in [-0.39, 0.29) is 13.0 Å². The minimum Gasteiger partial charge on any atom is -0.481 e. The van der Waals surface area contributed by atoms with Crippen molar-refractivity contribution in [1.29, 1.82) is 0 Å². The maximum Gasteiger partial charge on any atom is 0.407 e. The van der Waals surface area contributed by atoms with E-state index < -0.39 is 29.6 Å². The summed E-state index contributed by atoms with van der Waals surface area (Å²) < 4.78 is 5.00. The molecule has 1 unspecified atom stereocenters. The van der Waals surface area contributed by atoms with Crippen molar-refractivity contribution < 1.29 is 24.5 Å².